The van der Waals surface area contributed by atoms with Crippen molar-refractivity contribution < 1.29 is 43.3 Å². The van der Waals surface area contributed by atoms with Gasteiger partial charge in [0.05, 0.1) is 25.4 Å². The predicted octanol–water partition coefficient (Wildman–Crippen LogP) is 7.89. The van der Waals surface area contributed by atoms with Gasteiger partial charge in [-0.05, 0) is 106 Å². The van der Waals surface area contributed by atoms with Crippen LogP contribution in [0.3, 0.4) is 0 Å². The number of methoxy groups -OCH3 is 2. The first-order chi connectivity index (χ1) is 24.9. The van der Waals surface area contributed by atoms with Crippen molar-refractivity contribution in [2.24, 2.45) is 0 Å². The summed E-state index contributed by atoms with van der Waals surface area (Å²) in [5.41, 5.74) is 4.79. The van der Waals surface area contributed by atoms with Gasteiger partial charge in [-0.2, -0.15) is 0 Å². The smallest absolute Gasteiger partial charge is 0.336 e. The Kier molecular flexibility index (Phi) is 17.4. The minimum Gasteiger partial charge on any atom is -0.469 e. The normalized spacial score (nSPS) is 13.3. The number of ketones is 4. The summed E-state index contributed by atoms with van der Waals surface area (Å²) in [5, 5.41) is 17.4. The van der Waals surface area contributed by atoms with Crippen LogP contribution in [0.5, 0.6) is 0 Å². The van der Waals surface area contributed by atoms with Crippen molar-refractivity contribution in [3.05, 3.63) is 98.5 Å². The fourth-order valence-corrected chi connectivity index (χ4v) is 7.27. The number of Topliss-reactive ketones (excluding diaryl/α,β-unsaturated/α-hetero) is 4. The van der Waals surface area contributed by atoms with Crippen LogP contribution in [-0.2, 0) is 38.2 Å². The molecule has 0 fully saturated rings. The maximum absolute atomic E-state index is 12.4. The highest BCUT2D eigenvalue weighted by atomic mass is 32.1. The minimum atomic E-state index is -0.475. The van der Waals surface area contributed by atoms with Crippen LogP contribution in [0.2, 0.25) is 0 Å². The third-order valence-electron chi connectivity index (χ3n) is 7.56. The average molecular weight is 762 g/mol. The topological polar surface area (TPSA) is 153 Å². The monoisotopic (exact) mass is 761 g/mol. The molecule has 2 aromatic heterocycles. The first kappa shape index (κ1) is 44.1. The van der Waals surface area contributed by atoms with Crippen LogP contribution in [0.15, 0.2) is 87.4 Å². The summed E-state index contributed by atoms with van der Waals surface area (Å²) < 4.78 is 11.5. The zero-order valence-electron chi connectivity index (χ0n) is 31.7. The number of ether oxygens (including phenoxy) is 2. The van der Waals surface area contributed by atoms with E-state index in [1.165, 1.54) is 41.9 Å². The van der Waals surface area contributed by atoms with E-state index in [9.17, 15) is 28.8 Å². The number of fused-ring (bicyclic) bond motifs is 2. The van der Waals surface area contributed by atoms with Crippen LogP contribution in [0, 0.1) is 0 Å². The number of carbonyl (C=O) groups is 6. The van der Waals surface area contributed by atoms with E-state index in [4.69, 9.17) is 9.84 Å². The Morgan fingerprint density at radius 1 is 0.774 bits per heavy atom. The molecule has 0 amide bonds. The van der Waals surface area contributed by atoms with Crippen LogP contribution < -0.4 is 5.32 Å². The van der Waals surface area contributed by atoms with E-state index in [2.05, 4.69) is 10.1 Å². The number of hydrogen-bond donors (Lipinski definition) is 2. The molecule has 53 heavy (non-hydrogen) atoms. The molecule has 1 unspecified atom stereocenters. The number of nitrogens with one attached hydrogen (secondary N) is 1. The first-order valence-corrected chi connectivity index (χ1v) is 18.4. The van der Waals surface area contributed by atoms with Gasteiger partial charge in [-0.15, -0.1) is 22.7 Å². The third kappa shape index (κ3) is 12.6. The Balaban J connectivity index is 0.000000290. The number of allylic oxidation sites excluding steroid dienone is 4. The summed E-state index contributed by atoms with van der Waals surface area (Å²) in [6, 6.07) is 16.0. The molecule has 3 heterocycles. The van der Waals surface area contributed by atoms with Gasteiger partial charge in [0.15, 0.2) is 17.3 Å². The van der Waals surface area contributed by atoms with Gasteiger partial charge >= 0.3 is 11.9 Å². The number of aliphatic hydroxyl groups excluding tert-OH is 1. The molecule has 2 aromatic carbocycles. The Morgan fingerprint density at radius 3 is 1.74 bits per heavy atom. The van der Waals surface area contributed by atoms with Gasteiger partial charge in [0.2, 0.25) is 0 Å². The summed E-state index contributed by atoms with van der Waals surface area (Å²) in [4.78, 5) is 67.8. The van der Waals surface area contributed by atoms with E-state index < -0.39 is 17.9 Å². The Labute approximate surface area is 318 Å². The SMILES string of the molecule is CC(=O)C(=Cc1csc2ccccc12)C(C)=O.CC(C)O.COC(=O)C1=C(C)NC(C)=C(C(C)=O)C1c1csc2ccccc12.COC(=O)CC(C)=O. The van der Waals surface area contributed by atoms with E-state index in [0.29, 0.717) is 11.1 Å². The second-order valence-corrected chi connectivity index (χ2v) is 14.1. The van der Waals surface area contributed by atoms with Crippen molar-refractivity contribution in [1.82, 2.24) is 5.32 Å². The predicted molar refractivity (Wildman–Crippen MR) is 212 cm³/mol. The van der Waals surface area contributed by atoms with Gasteiger partial charge in [0, 0.05) is 38.4 Å². The quantitative estimate of drug-likeness (QED) is 0.0785. The van der Waals surface area contributed by atoms with Crippen LogP contribution >= 0.6 is 22.7 Å². The maximum atomic E-state index is 12.4. The standard InChI is InChI=1S/C19H19NO3S.C14H12O2S.C5H8O3.C3H8O/c1-10-16(12(3)21)18(17(11(2)20-10)19(22)23-4)14-9-24-15-8-6-5-7-13(14)15;1-9(15)13(10(2)16)7-11-8-17-14-6-4-3-5-12(11)14;1-4(6)3-5(7)8-2;1-3(2)4/h5-9,18,20H,1-4H3;3-8H,1-2H3;3H2,1-2H3;3-4H,1-2H3. The highest BCUT2D eigenvalue weighted by Crippen LogP contribution is 2.43. The molecule has 4 aromatic rings. The van der Waals surface area contributed by atoms with Gasteiger partial charge in [0.1, 0.15) is 12.2 Å². The van der Waals surface area contributed by atoms with Crippen molar-refractivity contribution in [3.63, 3.8) is 0 Å². The minimum absolute atomic E-state index is 0.0471. The Hall–Kier alpha value is -5.04. The highest BCUT2D eigenvalue weighted by molar-refractivity contribution is 7.17. The number of benzene rings is 2. The summed E-state index contributed by atoms with van der Waals surface area (Å²) in [5.74, 6) is -1.89. The average Bonchev–Trinajstić information content (AvgIpc) is 3.70. The summed E-state index contributed by atoms with van der Waals surface area (Å²) in [7, 11) is 2.62. The molecule has 0 saturated carbocycles. The zero-order valence-corrected chi connectivity index (χ0v) is 33.4. The lowest BCUT2D eigenvalue weighted by atomic mass is 9.79. The Bertz CT molecular complexity index is 2060. The molecule has 10 nitrogen and oxygen atoms in total. The molecule has 1 aliphatic rings. The van der Waals surface area contributed by atoms with Gasteiger partial charge in [-0.3, -0.25) is 24.0 Å². The molecule has 0 radical (unpaired) electrons. The van der Waals surface area contributed by atoms with Crippen molar-refractivity contribution >= 4 is 84.0 Å². The summed E-state index contributed by atoms with van der Waals surface area (Å²) in [6.45, 7) is 12.9. The fraction of sp³-hybridized carbons (Fsp3) is 0.317. The fourth-order valence-electron chi connectivity index (χ4n) is 5.37. The molecule has 0 saturated heterocycles. The number of dihydropyridines is 1. The van der Waals surface area contributed by atoms with Gasteiger partial charge < -0.3 is 19.9 Å². The molecule has 2 N–H and O–H groups in total. The largest absolute Gasteiger partial charge is 0.469 e. The third-order valence-corrected chi connectivity index (χ3v) is 9.52. The number of aliphatic hydroxyl groups is 1. The highest BCUT2D eigenvalue weighted by Gasteiger charge is 2.36. The molecule has 1 aliphatic heterocycles. The Morgan fingerprint density at radius 2 is 1.26 bits per heavy atom. The van der Waals surface area contributed by atoms with Crippen LogP contribution in [0.1, 0.15) is 78.9 Å². The molecular weight excluding hydrogens is 715 g/mol. The number of hydrogen-bond acceptors (Lipinski definition) is 12. The van der Waals surface area contributed by atoms with Crippen LogP contribution in [0.4, 0.5) is 0 Å². The lowest BCUT2D eigenvalue weighted by molar-refractivity contribution is -0.143. The maximum Gasteiger partial charge on any atom is 0.336 e. The summed E-state index contributed by atoms with van der Waals surface area (Å²) >= 11 is 3.23. The molecule has 0 aliphatic carbocycles. The molecule has 12 heteroatoms. The number of esters is 2. The van der Waals surface area contributed by atoms with Gasteiger partial charge in [-0.25, -0.2) is 4.79 Å². The molecule has 0 spiro atoms. The van der Waals surface area contributed by atoms with Gasteiger partial charge in [0.25, 0.3) is 0 Å². The second-order valence-electron chi connectivity index (χ2n) is 12.3. The first-order valence-electron chi connectivity index (χ1n) is 16.6. The van der Waals surface area contributed by atoms with E-state index in [-0.39, 0.29) is 41.2 Å². The number of rotatable bonds is 8. The molecule has 1 atom stereocenters. The summed E-state index contributed by atoms with van der Waals surface area (Å²) in [6.07, 6.45) is 1.40. The van der Waals surface area contributed by atoms with Crippen molar-refractivity contribution in [1.29, 1.82) is 0 Å². The van der Waals surface area contributed by atoms with Crippen molar-refractivity contribution in [2.75, 3.05) is 14.2 Å². The molecule has 0 bridgehead atoms. The van der Waals surface area contributed by atoms with E-state index in [1.807, 2.05) is 73.1 Å². The molecule has 282 valence electrons. The van der Waals surface area contributed by atoms with Crippen molar-refractivity contribution in [2.45, 2.75) is 73.8 Å². The second kappa shape index (κ2) is 20.9. The lowest BCUT2D eigenvalue weighted by Crippen LogP contribution is -2.30. The van der Waals surface area contributed by atoms with Gasteiger partial charge in [-0.1, -0.05) is 36.4 Å². The molecule has 5 rings (SSSR count). The zero-order chi connectivity index (χ0) is 40.0. The number of carbonyl (C=O) groups excluding carboxylic acids is 6. The van der Waals surface area contributed by atoms with E-state index in [0.717, 1.165) is 42.7 Å². The number of thiophene rings is 2. The van der Waals surface area contributed by atoms with Crippen molar-refractivity contribution in [3.8, 4) is 0 Å². The van der Waals surface area contributed by atoms with E-state index in [1.54, 1.807) is 42.6 Å². The lowest BCUT2D eigenvalue weighted by Gasteiger charge is -2.30. The van der Waals surface area contributed by atoms with E-state index >= 15 is 0 Å². The molecular formula is C41H47NO9S2. The van der Waals surface area contributed by atoms with Crippen LogP contribution in [0.25, 0.3) is 26.2 Å². The van der Waals surface area contributed by atoms with Crippen LogP contribution in [-0.4, -0.2) is 60.5 Å².